The van der Waals surface area contributed by atoms with E-state index in [1.807, 2.05) is 6.07 Å². The molecule has 0 aliphatic heterocycles. The topological polar surface area (TPSA) is 43.4 Å². The Balaban J connectivity index is 1.86. The van der Waals surface area contributed by atoms with Gasteiger partial charge in [-0.05, 0) is 23.8 Å². The van der Waals surface area contributed by atoms with E-state index in [2.05, 4.69) is 10.3 Å². The zero-order chi connectivity index (χ0) is 15.1. The second-order valence-corrected chi connectivity index (χ2v) is 4.74. The smallest absolute Gasteiger partial charge is 0.213 e. The summed E-state index contributed by atoms with van der Waals surface area (Å²) in [6, 6.07) is 8.33. The second kappa shape index (κ2) is 7.81. The number of methoxy groups -OCH3 is 1. The van der Waals surface area contributed by atoms with Gasteiger partial charge in [0, 0.05) is 19.7 Å². The van der Waals surface area contributed by atoms with Gasteiger partial charge in [0.05, 0.1) is 23.5 Å². The third-order valence-electron chi connectivity index (χ3n) is 2.75. The first-order chi connectivity index (χ1) is 10.2. The van der Waals surface area contributed by atoms with Crippen molar-refractivity contribution in [3.63, 3.8) is 0 Å². The summed E-state index contributed by atoms with van der Waals surface area (Å²) in [5, 5.41) is 3.27. The number of nitrogens with one attached hydrogen (secondary N) is 1. The van der Waals surface area contributed by atoms with Crippen molar-refractivity contribution in [2.75, 3.05) is 25.6 Å². The molecule has 0 aliphatic rings. The number of halogens is 2. The van der Waals surface area contributed by atoms with Crippen LogP contribution in [-0.2, 0) is 11.3 Å². The molecule has 6 heteroatoms. The Morgan fingerprint density at radius 2 is 2.10 bits per heavy atom. The highest BCUT2D eigenvalue weighted by molar-refractivity contribution is 6.30. The Kier molecular flexibility index (Phi) is 5.78. The van der Waals surface area contributed by atoms with E-state index in [1.165, 1.54) is 6.07 Å². The van der Waals surface area contributed by atoms with Gasteiger partial charge in [-0.3, -0.25) is 0 Å². The number of hydrogen-bond acceptors (Lipinski definition) is 4. The van der Waals surface area contributed by atoms with Crippen LogP contribution in [0.5, 0.6) is 5.88 Å². The number of ether oxygens (including phenoxy) is 2. The van der Waals surface area contributed by atoms with Gasteiger partial charge >= 0.3 is 0 Å². The number of rotatable bonds is 7. The summed E-state index contributed by atoms with van der Waals surface area (Å²) in [7, 11) is 1.61. The van der Waals surface area contributed by atoms with E-state index >= 15 is 0 Å². The van der Waals surface area contributed by atoms with E-state index in [4.69, 9.17) is 21.1 Å². The molecular weight excluding hydrogens is 295 g/mol. The van der Waals surface area contributed by atoms with Crippen molar-refractivity contribution < 1.29 is 13.9 Å². The number of benzene rings is 1. The maximum absolute atomic E-state index is 13.3. The fraction of sp³-hybridized carbons (Fsp3) is 0.267. The van der Waals surface area contributed by atoms with Crippen molar-refractivity contribution in [1.29, 1.82) is 0 Å². The van der Waals surface area contributed by atoms with Crippen LogP contribution >= 0.6 is 11.6 Å². The number of anilines is 1. The van der Waals surface area contributed by atoms with Crippen LogP contribution < -0.4 is 10.1 Å². The van der Waals surface area contributed by atoms with Crippen molar-refractivity contribution in [2.45, 2.75) is 6.54 Å². The van der Waals surface area contributed by atoms with Gasteiger partial charge in [0.15, 0.2) is 0 Å². The molecule has 0 radical (unpaired) electrons. The molecule has 2 aromatic rings. The summed E-state index contributed by atoms with van der Waals surface area (Å²) >= 11 is 5.64. The number of pyridine rings is 1. The zero-order valence-electron chi connectivity index (χ0n) is 11.6. The third-order valence-corrected chi connectivity index (χ3v) is 3.06. The SMILES string of the molecule is COCCOc1ccc(NCc2ccc(Cl)c(F)c2)cn1. The summed E-state index contributed by atoms with van der Waals surface area (Å²) in [4.78, 5) is 4.16. The van der Waals surface area contributed by atoms with E-state index in [9.17, 15) is 4.39 Å². The highest BCUT2D eigenvalue weighted by Gasteiger charge is 2.02. The minimum absolute atomic E-state index is 0.123. The number of aromatic nitrogens is 1. The zero-order valence-corrected chi connectivity index (χ0v) is 12.4. The largest absolute Gasteiger partial charge is 0.475 e. The Morgan fingerprint density at radius 3 is 2.76 bits per heavy atom. The summed E-state index contributed by atoms with van der Waals surface area (Å²) in [6.07, 6.45) is 1.66. The van der Waals surface area contributed by atoms with Crippen LogP contribution in [0.4, 0.5) is 10.1 Å². The first-order valence-corrected chi connectivity index (χ1v) is 6.82. The summed E-state index contributed by atoms with van der Waals surface area (Å²) in [6.45, 7) is 1.46. The van der Waals surface area contributed by atoms with E-state index < -0.39 is 5.82 Å². The Labute approximate surface area is 127 Å². The molecule has 0 bridgehead atoms. The molecule has 0 aliphatic carbocycles. The van der Waals surface area contributed by atoms with Crippen LogP contribution in [0, 0.1) is 5.82 Å². The molecule has 1 aromatic heterocycles. The lowest BCUT2D eigenvalue weighted by molar-refractivity contribution is 0.144. The maximum Gasteiger partial charge on any atom is 0.213 e. The van der Waals surface area contributed by atoms with Crippen molar-refractivity contribution in [1.82, 2.24) is 4.98 Å². The van der Waals surface area contributed by atoms with Gasteiger partial charge in [-0.15, -0.1) is 0 Å². The first-order valence-electron chi connectivity index (χ1n) is 6.44. The van der Waals surface area contributed by atoms with Crippen molar-refractivity contribution >= 4 is 17.3 Å². The molecule has 0 saturated carbocycles. The standard InChI is InChI=1S/C15H16ClFN2O2/c1-20-6-7-21-15-5-3-12(10-19-15)18-9-11-2-4-13(16)14(17)8-11/h2-5,8,10,18H,6-7,9H2,1H3. The van der Waals surface area contributed by atoms with E-state index in [0.29, 0.717) is 25.6 Å². The molecule has 0 saturated heterocycles. The minimum Gasteiger partial charge on any atom is -0.475 e. The van der Waals surface area contributed by atoms with Gasteiger partial charge in [-0.1, -0.05) is 17.7 Å². The fourth-order valence-corrected chi connectivity index (χ4v) is 1.77. The van der Waals surface area contributed by atoms with Gasteiger partial charge in [-0.2, -0.15) is 0 Å². The maximum atomic E-state index is 13.3. The molecule has 0 unspecified atom stereocenters. The lowest BCUT2D eigenvalue weighted by Crippen LogP contribution is -2.05. The van der Waals surface area contributed by atoms with Crippen molar-refractivity contribution in [3.8, 4) is 5.88 Å². The molecular formula is C15H16ClFN2O2. The van der Waals surface area contributed by atoms with Crippen molar-refractivity contribution in [2.24, 2.45) is 0 Å². The summed E-state index contributed by atoms with van der Waals surface area (Å²) < 4.78 is 23.6. The van der Waals surface area contributed by atoms with Gasteiger partial charge in [0.25, 0.3) is 0 Å². The Bertz CT molecular complexity index is 578. The highest BCUT2D eigenvalue weighted by atomic mass is 35.5. The van der Waals surface area contributed by atoms with E-state index in [-0.39, 0.29) is 5.02 Å². The number of hydrogen-bond donors (Lipinski definition) is 1. The predicted octanol–water partition coefficient (Wildman–Crippen LogP) is 3.51. The Hall–Kier alpha value is -1.85. The van der Waals surface area contributed by atoms with E-state index in [0.717, 1.165) is 11.3 Å². The first kappa shape index (κ1) is 15.5. The molecule has 1 heterocycles. The van der Waals surface area contributed by atoms with Gasteiger partial charge in [0.2, 0.25) is 5.88 Å². The van der Waals surface area contributed by atoms with Crippen LogP contribution in [-0.4, -0.2) is 25.3 Å². The molecule has 0 atom stereocenters. The Morgan fingerprint density at radius 1 is 1.24 bits per heavy atom. The van der Waals surface area contributed by atoms with Crippen LogP contribution in [0.15, 0.2) is 36.5 Å². The lowest BCUT2D eigenvalue weighted by atomic mass is 10.2. The van der Waals surface area contributed by atoms with Crippen LogP contribution in [0.3, 0.4) is 0 Å². The monoisotopic (exact) mass is 310 g/mol. The molecule has 0 amide bonds. The molecule has 2 rings (SSSR count). The predicted molar refractivity (Wildman–Crippen MR) is 80.3 cm³/mol. The lowest BCUT2D eigenvalue weighted by Gasteiger charge is -2.08. The summed E-state index contributed by atoms with van der Waals surface area (Å²) in [5.74, 6) is 0.117. The normalized spacial score (nSPS) is 10.4. The average Bonchev–Trinajstić information content (AvgIpc) is 2.50. The van der Waals surface area contributed by atoms with Gasteiger partial charge in [0.1, 0.15) is 12.4 Å². The second-order valence-electron chi connectivity index (χ2n) is 4.33. The number of nitrogens with zero attached hydrogens (tertiary/aromatic N) is 1. The van der Waals surface area contributed by atoms with Crippen LogP contribution in [0.25, 0.3) is 0 Å². The molecule has 0 spiro atoms. The van der Waals surface area contributed by atoms with Crippen molar-refractivity contribution in [3.05, 3.63) is 52.9 Å². The van der Waals surface area contributed by atoms with E-state index in [1.54, 1.807) is 31.5 Å². The van der Waals surface area contributed by atoms with Gasteiger partial charge in [-0.25, -0.2) is 9.37 Å². The van der Waals surface area contributed by atoms with Crippen LogP contribution in [0.1, 0.15) is 5.56 Å². The van der Waals surface area contributed by atoms with Crippen LogP contribution in [0.2, 0.25) is 5.02 Å². The summed E-state index contributed by atoms with van der Waals surface area (Å²) in [5.41, 5.74) is 1.63. The average molecular weight is 311 g/mol. The van der Waals surface area contributed by atoms with Gasteiger partial charge < -0.3 is 14.8 Å². The molecule has 4 nitrogen and oxygen atoms in total. The fourth-order valence-electron chi connectivity index (χ4n) is 1.65. The molecule has 0 fully saturated rings. The third kappa shape index (κ3) is 4.88. The molecule has 1 aromatic carbocycles. The highest BCUT2D eigenvalue weighted by Crippen LogP contribution is 2.17. The minimum atomic E-state index is -0.420. The molecule has 112 valence electrons. The quantitative estimate of drug-likeness (QED) is 0.795. The molecule has 1 N–H and O–H groups in total. The molecule has 21 heavy (non-hydrogen) atoms.